The third-order valence-electron chi connectivity index (χ3n) is 4.47. The van der Waals surface area contributed by atoms with E-state index in [1.807, 2.05) is 48.5 Å². The number of nitrogens with two attached hydrogens (primary N) is 1. The summed E-state index contributed by atoms with van der Waals surface area (Å²) in [4.78, 5) is 25.2. The highest BCUT2D eigenvalue weighted by molar-refractivity contribution is 6.47. The van der Waals surface area contributed by atoms with Crippen molar-refractivity contribution in [1.82, 2.24) is 9.97 Å². The van der Waals surface area contributed by atoms with Gasteiger partial charge < -0.3 is 11.1 Å². The zero-order valence-corrected chi connectivity index (χ0v) is 14.7. The molecule has 1 aliphatic rings. The number of nitrogen functional groups attached to an aromatic ring is 1. The van der Waals surface area contributed by atoms with Gasteiger partial charge in [-0.1, -0.05) is 36.4 Å². The van der Waals surface area contributed by atoms with E-state index in [-0.39, 0.29) is 11.7 Å². The van der Waals surface area contributed by atoms with Crippen molar-refractivity contribution in [3.8, 4) is 0 Å². The van der Waals surface area contributed by atoms with Crippen LogP contribution in [-0.4, -0.2) is 21.5 Å². The molecular weight excluding hydrogens is 338 g/mol. The first kappa shape index (κ1) is 16.9. The van der Waals surface area contributed by atoms with Crippen LogP contribution in [0.1, 0.15) is 23.1 Å². The van der Waals surface area contributed by atoms with Crippen molar-refractivity contribution in [2.24, 2.45) is 4.99 Å². The monoisotopic (exact) mass is 357 g/mol. The zero-order chi connectivity index (χ0) is 18.6. The number of rotatable bonds is 6. The molecule has 0 amide bonds. The molecule has 0 saturated heterocycles. The summed E-state index contributed by atoms with van der Waals surface area (Å²) >= 11 is 0. The predicted molar refractivity (Wildman–Crippen MR) is 106 cm³/mol. The summed E-state index contributed by atoms with van der Waals surface area (Å²) in [5.74, 6) is 0.884. The number of carbonyl (C=O) groups is 1. The molecule has 1 aromatic heterocycles. The molecule has 0 bridgehead atoms. The largest absolute Gasteiger partial charge is 0.368 e. The van der Waals surface area contributed by atoms with E-state index in [0.29, 0.717) is 30.9 Å². The van der Waals surface area contributed by atoms with Gasteiger partial charge in [0.05, 0.1) is 6.54 Å². The Bertz CT molecular complexity index is 1010. The molecule has 0 radical (unpaired) electrons. The normalized spacial score (nSPS) is 12.4. The van der Waals surface area contributed by atoms with Gasteiger partial charge in [-0.2, -0.15) is 4.98 Å². The number of aryl methyl sites for hydroxylation is 1. The maximum atomic E-state index is 12.7. The first-order valence-electron chi connectivity index (χ1n) is 8.79. The molecule has 1 aliphatic heterocycles. The molecule has 0 atom stereocenters. The highest BCUT2D eigenvalue weighted by atomic mass is 16.1. The summed E-state index contributed by atoms with van der Waals surface area (Å²) in [5.41, 5.74) is 10.1. The lowest BCUT2D eigenvalue weighted by Gasteiger charge is -2.09. The van der Waals surface area contributed by atoms with Gasteiger partial charge in [0.1, 0.15) is 11.5 Å². The second-order valence-corrected chi connectivity index (χ2v) is 6.37. The summed E-state index contributed by atoms with van der Waals surface area (Å²) in [6.07, 6.45) is 2.76. The number of nitrogens with one attached hydrogen (secondary N) is 1. The first-order valence-corrected chi connectivity index (χ1v) is 8.79. The third-order valence-corrected chi connectivity index (χ3v) is 4.47. The Labute approximate surface area is 157 Å². The number of ketones is 1. The second kappa shape index (κ2) is 7.37. The van der Waals surface area contributed by atoms with Crippen LogP contribution in [0.5, 0.6) is 0 Å². The van der Waals surface area contributed by atoms with Gasteiger partial charge in [0.25, 0.3) is 0 Å². The van der Waals surface area contributed by atoms with Gasteiger partial charge >= 0.3 is 0 Å². The maximum Gasteiger partial charge on any atom is 0.221 e. The maximum absolute atomic E-state index is 12.7. The van der Waals surface area contributed by atoms with E-state index in [9.17, 15) is 4.79 Å². The van der Waals surface area contributed by atoms with Gasteiger partial charge in [0.2, 0.25) is 5.95 Å². The smallest absolute Gasteiger partial charge is 0.221 e. The summed E-state index contributed by atoms with van der Waals surface area (Å²) < 4.78 is 0. The fourth-order valence-electron chi connectivity index (χ4n) is 3.11. The van der Waals surface area contributed by atoms with Gasteiger partial charge in [-0.3, -0.25) is 9.79 Å². The Morgan fingerprint density at radius 2 is 1.96 bits per heavy atom. The Morgan fingerprint density at radius 1 is 1.11 bits per heavy atom. The van der Waals surface area contributed by atoms with E-state index >= 15 is 0 Å². The van der Waals surface area contributed by atoms with Gasteiger partial charge in [0.15, 0.2) is 5.78 Å². The molecule has 2 aromatic carbocycles. The van der Waals surface area contributed by atoms with Crippen molar-refractivity contribution in [2.45, 2.75) is 19.4 Å². The second-order valence-electron chi connectivity index (χ2n) is 6.37. The number of hydrogen-bond donors (Lipinski definition) is 2. The van der Waals surface area contributed by atoms with Gasteiger partial charge in [0, 0.05) is 23.9 Å². The molecule has 2 heterocycles. The van der Waals surface area contributed by atoms with Crippen LogP contribution in [0.2, 0.25) is 0 Å². The van der Waals surface area contributed by atoms with Crippen LogP contribution in [0.3, 0.4) is 0 Å². The van der Waals surface area contributed by atoms with Crippen LogP contribution < -0.4 is 11.1 Å². The molecule has 0 fully saturated rings. The quantitative estimate of drug-likeness (QED) is 0.706. The van der Waals surface area contributed by atoms with Crippen molar-refractivity contribution >= 4 is 28.9 Å². The molecule has 6 heteroatoms. The minimum atomic E-state index is 0.0704. The van der Waals surface area contributed by atoms with E-state index in [4.69, 9.17) is 5.73 Å². The van der Waals surface area contributed by atoms with Gasteiger partial charge in [-0.05, 0) is 35.7 Å². The van der Waals surface area contributed by atoms with Crippen LogP contribution in [-0.2, 0) is 17.8 Å². The van der Waals surface area contributed by atoms with Crippen LogP contribution in [0.25, 0.3) is 0 Å². The Hall–Kier alpha value is -3.54. The van der Waals surface area contributed by atoms with Crippen molar-refractivity contribution in [1.29, 1.82) is 0 Å². The van der Waals surface area contributed by atoms with Gasteiger partial charge in [-0.25, -0.2) is 4.98 Å². The number of fused-ring (bicyclic) bond motifs is 1. The molecule has 3 aromatic rings. The fraction of sp³-hybridized carbons (Fsp3) is 0.143. The number of Topliss-reactive ketones (excluding diaryl/α,β-unsaturated/α-hetero) is 1. The van der Waals surface area contributed by atoms with Crippen molar-refractivity contribution in [2.75, 3.05) is 11.1 Å². The van der Waals surface area contributed by atoms with Crippen LogP contribution in [0.4, 0.5) is 17.5 Å². The minimum Gasteiger partial charge on any atom is -0.368 e. The molecule has 0 aliphatic carbocycles. The molecule has 6 nitrogen and oxygen atoms in total. The Kier molecular flexibility index (Phi) is 4.61. The molecule has 0 unspecified atom stereocenters. The zero-order valence-electron chi connectivity index (χ0n) is 14.7. The molecule has 27 heavy (non-hydrogen) atoms. The number of aromatic nitrogens is 2. The van der Waals surface area contributed by atoms with Crippen LogP contribution in [0, 0.1) is 0 Å². The lowest BCUT2D eigenvalue weighted by molar-refractivity contribution is -0.112. The third kappa shape index (κ3) is 3.84. The molecular formula is C21H19N5O. The Balaban J connectivity index is 1.49. The minimum absolute atomic E-state index is 0.0704. The van der Waals surface area contributed by atoms with E-state index < -0.39 is 0 Å². The highest BCUT2D eigenvalue weighted by Crippen LogP contribution is 2.25. The fourth-order valence-corrected chi connectivity index (χ4v) is 3.11. The predicted octanol–water partition coefficient (Wildman–Crippen LogP) is 3.31. The molecule has 0 spiro atoms. The highest BCUT2D eigenvalue weighted by Gasteiger charge is 2.22. The van der Waals surface area contributed by atoms with E-state index in [1.165, 1.54) is 0 Å². The van der Waals surface area contributed by atoms with Crippen LogP contribution in [0.15, 0.2) is 65.8 Å². The Morgan fingerprint density at radius 3 is 2.78 bits per heavy atom. The molecule has 4 rings (SSSR count). The lowest BCUT2D eigenvalue weighted by Crippen LogP contribution is -2.15. The topological polar surface area (TPSA) is 93.3 Å². The van der Waals surface area contributed by atoms with E-state index in [1.54, 1.807) is 12.3 Å². The molecule has 0 saturated carbocycles. The van der Waals surface area contributed by atoms with E-state index in [2.05, 4.69) is 20.3 Å². The summed E-state index contributed by atoms with van der Waals surface area (Å²) in [5, 5.41) is 3.19. The molecule has 3 N–H and O–H groups in total. The number of aliphatic imine (C=N–C) groups is 1. The van der Waals surface area contributed by atoms with Crippen molar-refractivity contribution < 1.29 is 4.79 Å². The summed E-state index contributed by atoms with van der Waals surface area (Å²) in [6.45, 7) is 0.544. The van der Waals surface area contributed by atoms with Crippen LogP contribution >= 0.6 is 0 Å². The average molecular weight is 357 g/mol. The SMILES string of the molecule is Nc1nccc(Nc2ccc3c(c2)C(C(=O)CCc2ccccc2)=NC3)n1. The number of carbonyl (C=O) groups excluding carboxylic acids is 1. The number of anilines is 3. The van der Waals surface area contributed by atoms with Gasteiger partial charge in [-0.15, -0.1) is 0 Å². The molecule has 134 valence electrons. The summed E-state index contributed by atoms with van der Waals surface area (Å²) in [7, 11) is 0. The summed E-state index contributed by atoms with van der Waals surface area (Å²) in [6, 6.07) is 17.6. The number of hydrogen-bond acceptors (Lipinski definition) is 6. The first-order chi connectivity index (χ1) is 13.2. The standard InChI is InChI=1S/C21H19N5O/c22-21-23-11-10-19(26-21)25-16-8-7-15-13-24-20(17(15)12-16)18(27)9-6-14-4-2-1-3-5-14/h1-5,7-8,10-12H,6,9,13H2,(H3,22,23,25,26). The van der Waals surface area contributed by atoms with E-state index in [0.717, 1.165) is 22.4 Å². The number of nitrogens with zero attached hydrogens (tertiary/aromatic N) is 3. The van der Waals surface area contributed by atoms with Crippen molar-refractivity contribution in [3.63, 3.8) is 0 Å². The number of benzene rings is 2. The average Bonchev–Trinajstić information content (AvgIpc) is 3.10. The van der Waals surface area contributed by atoms with Crippen molar-refractivity contribution in [3.05, 3.63) is 77.5 Å². The lowest BCUT2D eigenvalue weighted by atomic mass is 9.98.